The molecule has 0 aliphatic carbocycles. The minimum Gasteiger partial charge on any atom is -0.480 e. The highest BCUT2D eigenvalue weighted by Gasteiger charge is 2.43. The van der Waals surface area contributed by atoms with Gasteiger partial charge in [0.25, 0.3) is 0 Å². The molecule has 0 aliphatic rings. The summed E-state index contributed by atoms with van der Waals surface area (Å²) in [6, 6.07) is 9.90. The third kappa shape index (κ3) is 2.99. The lowest BCUT2D eigenvalue weighted by molar-refractivity contribution is -0.159. The van der Waals surface area contributed by atoms with E-state index in [1.54, 1.807) is 16.2 Å². The van der Waals surface area contributed by atoms with E-state index in [9.17, 15) is 14.7 Å². The summed E-state index contributed by atoms with van der Waals surface area (Å²) in [7, 11) is 0. The SMILES string of the molecule is CCN(CC)C(=O)C(C)(Cc1cc2ccccc2s1)C(=O)O. The number of benzene rings is 1. The zero-order valence-electron chi connectivity index (χ0n) is 13.1. The van der Waals surface area contributed by atoms with Gasteiger partial charge in [-0.3, -0.25) is 9.59 Å². The Morgan fingerprint density at radius 2 is 1.86 bits per heavy atom. The summed E-state index contributed by atoms with van der Waals surface area (Å²) in [5.74, 6) is -1.38. The van der Waals surface area contributed by atoms with Crippen LogP contribution in [0.25, 0.3) is 10.1 Å². The number of carboxylic acids is 1. The van der Waals surface area contributed by atoms with Crippen molar-refractivity contribution in [3.63, 3.8) is 0 Å². The van der Waals surface area contributed by atoms with Gasteiger partial charge in [-0.15, -0.1) is 11.3 Å². The van der Waals surface area contributed by atoms with Crippen LogP contribution in [0.5, 0.6) is 0 Å². The second-order valence-electron chi connectivity index (χ2n) is 5.54. The molecular formula is C17H21NO3S. The van der Waals surface area contributed by atoms with Crippen molar-refractivity contribution in [2.45, 2.75) is 27.2 Å². The molecule has 1 aromatic heterocycles. The lowest BCUT2D eigenvalue weighted by Gasteiger charge is -2.30. The summed E-state index contributed by atoms with van der Waals surface area (Å²) < 4.78 is 1.11. The van der Waals surface area contributed by atoms with Gasteiger partial charge in [0.2, 0.25) is 5.91 Å². The van der Waals surface area contributed by atoms with Crippen molar-refractivity contribution in [3.8, 4) is 0 Å². The van der Waals surface area contributed by atoms with Gasteiger partial charge in [-0.25, -0.2) is 0 Å². The maximum Gasteiger partial charge on any atom is 0.319 e. The third-order valence-electron chi connectivity index (χ3n) is 4.00. The van der Waals surface area contributed by atoms with E-state index in [-0.39, 0.29) is 12.3 Å². The van der Waals surface area contributed by atoms with E-state index >= 15 is 0 Å². The van der Waals surface area contributed by atoms with Crippen LogP contribution in [0.4, 0.5) is 0 Å². The summed E-state index contributed by atoms with van der Waals surface area (Å²) in [5.41, 5.74) is -1.42. The molecular weight excluding hydrogens is 298 g/mol. The Kier molecular flexibility index (Phi) is 4.86. The van der Waals surface area contributed by atoms with Crippen molar-refractivity contribution in [1.29, 1.82) is 0 Å². The summed E-state index contributed by atoms with van der Waals surface area (Å²) in [6.45, 7) is 6.29. The Bertz CT molecular complexity index is 657. The fourth-order valence-electron chi connectivity index (χ4n) is 2.57. The fraction of sp³-hybridized carbons (Fsp3) is 0.412. The first kappa shape index (κ1) is 16.5. The van der Waals surface area contributed by atoms with Crippen molar-refractivity contribution in [3.05, 3.63) is 35.2 Å². The van der Waals surface area contributed by atoms with Gasteiger partial charge in [0.15, 0.2) is 0 Å². The third-order valence-corrected chi connectivity index (χ3v) is 5.12. The number of fused-ring (bicyclic) bond motifs is 1. The highest BCUT2D eigenvalue weighted by Crippen LogP contribution is 2.32. The number of nitrogens with zero attached hydrogens (tertiary/aromatic N) is 1. The highest BCUT2D eigenvalue weighted by atomic mass is 32.1. The molecule has 5 heteroatoms. The van der Waals surface area contributed by atoms with Crippen LogP contribution in [0.3, 0.4) is 0 Å². The monoisotopic (exact) mass is 319 g/mol. The molecule has 0 spiro atoms. The van der Waals surface area contributed by atoms with Crippen LogP contribution < -0.4 is 0 Å². The number of thiophene rings is 1. The van der Waals surface area contributed by atoms with Crippen LogP contribution in [0.2, 0.25) is 0 Å². The topological polar surface area (TPSA) is 57.6 Å². The molecule has 0 fully saturated rings. The van der Waals surface area contributed by atoms with E-state index in [1.165, 1.54) is 6.92 Å². The number of carbonyl (C=O) groups is 2. The smallest absolute Gasteiger partial charge is 0.319 e. The number of rotatable bonds is 6. The molecule has 1 heterocycles. The summed E-state index contributed by atoms with van der Waals surface area (Å²) in [5, 5.41) is 10.7. The highest BCUT2D eigenvalue weighted by molar-refractivity contribution is 7.19. The molecule has 2 rings (SSSR count). The Hall–Kier alpha value is -1.88. The lowest BCUT2D eigenvalue weighted by Crippen LogP contribution is -2.48. The normalized spacial score (nSPS) is 13.8. The molecule has 0 saturated carbocycles. The first-order chi connectivity index (χ1) is 10.4. The van der Waals surface area contributed by atoms with E-state index in [0.29, 0.717) is 13.1 Å². The fourth-order valence-corrected chi connectivity index (χ4v) is 3.80. The van der Waals surface area contributed by atoms with Crippen LogP contribution in [0, 0.1) is 5.41 Å². The molecule has 1 atom stereocenters. The largest absolute Gasteiger partial charge is 0.480 e. The van der Waals surface area contributed by atoms with Gasteiger partial charge in [0, 0.05) is 29.1 Å². The van der Waals surface area contributed by atoms with Crippen molar-refractivity contribution in [2.24, 2.45) is 5.41 Å². The van der Waals surface area contributed by atoms with Gasteiger partial charge in [-0.05, 0) is 38.3 Å². The maximum absolute atomic E-state index is 12.6. The average molecular weight is 319 g/mol. The van der Waals surface area contributed by atoms with E-state index in [2.05, 4.69) is 0 Å². The molecule has 0 radical (unpaired) electrons. The van der Waals surface area contributed by atoms with Crippen molar-refractivity contribution in [1.82, 2.24) is 4.90 Å². The molecule has 1 amide bonds. The first-order valence-corrected chi connectivity index (χ1v) is 8.24. The Morgan fingerprint density at radius 3 is 2.41 bits per heavy atom. The zero-order chi connectivity index (χ0) is 16.3. The number of carbonyl (C=O) groups excluding carboxylic acids is 1. The van der Waals surface area contributed by atoms with Gasteiger partial charge in [0.1, 0.15) is 5.41 Å². The predicted molar refractivity (Wildman–Crippen MR) is 89.2 cm³/mol. The van der Waals surface area contributed by atoms with Crippen molar-refractivity contribution >= 4 is 33.3 Å². The number of carboxylic acid groups (broad SMARTS) is 1. The van der Waals surface area contributed by atoms with Gasteiger partial charge in [0.05, 0.1) is 0 Å². The average Bonchev–Trinajstić information content (AvgIpc) is 2.89. The van der Waals surface area contributed by atoms with Crippen LogP contribution >= 0.6 is 11.3 Å². The Morgan fingerprint density at radius 1 is 1.23 bits per heavy atom. The molecule has 1 N–H and O–H groups in total. The predicted octanol–water partition coefficient (Wildman–Crippen LogP) is 3.40. The molecule has 0 saturated heterocycles. The number of hydrogen-bond donors (Lipinski definition) is 1. The first-order valence-electron chi connectivity index (χ1n) is 7.42. The minimum absolute atomic E-state index is 0.219. The van der Waals surface area contributed by atoms with Crippen molar-refractivity contribution in [2.75, 3.05) is 13.1 Å². The molecule has 4 nitrogen and oxygen atoms in total. The summed E-state index contributed by atoms with van der Waals surface area (Å²) >= 11 is 1.55. The van der Waals surface area contributed by atoms with E-state index in [4.69, 9.17) is 0 Å². The molecule has 0 bridgehead atoms. The lowest BCUT2D eigenvalue weighted by atomic mass is 9.84. The molecule has 1 unspecified atom stereocenters. The van der Waals surface area contributed by atoms with Gasteiger partial charge in [-0.1, -0.05) is 18.2 Å². The summed E-state index contributed by atoms with van der Waals surface area (Å²) in [4.78, 5) is 26.9. The second-order valence-corrected chi connectivity index (χ2v) is 6.71. The van der Waals surface area contributed by atoms with Crippen LogP contribution in [0.1, 0.15) is 25.6 Å². The molecule has 0 aliphatic heterocycles. The molecule has 1 aromatic carbocycles. The Labute approximate surface area is 134 Å². The zero-order valence-corrected chi connectivity index (χ0v) is 13.9. The molecule has 118 valence electrons. The molecule has 22 heavy (non-hydrogen) atoms. The second kappa shape index (κ2) is 6.48. The van der Waals surface area contributed by atoms with Crippen LogP contribution in [-0.4, -0.2) is 35.0 Å². The van der Waals surface area contributed by atoms with E-state index in [0.717, 1.165) is 15.0 Å². The van der Waals surface area contributed by atoms with Gasteiger partial charge in [-0.2, -0.15) is 0 Å². The van der Waals surface area contributed by atoms with E-state index in [1.807, 2.05) is 44.2 Å². The quantitative estimate of drug-likeness (QED) is 0.830. The summed E-state index contributed by atoms with van der Waals surface area (Å²) in [6.07, 6.45) is 0.219. The van der Waals surface area contributed by atoms with Crippen LogP contribution in [0.15, 0.2) is 30.3 Å². The van der Waals surface area contributed by atoms with Crippen molar-refractivity contribution < 1.29 is 14.7 Å². The van der Waals surface area contributed by atoms with E-state index < -0.39 is 11.4 Å². The van der Waals surface area contributed by atoms with Gasteiger partial charge < -0.3 is 10.0 Å². The Balaban J connectivity index is 2.35. The number of aliphatic carboxylic acids is 1. The number of hydrogen-bond acceptors (Lipinski definition) is 3. The standard InChI is InChI=1S/C17H21NO3S/c1-4-18(5-2)15(19)17(3,16(20)21)11-13-10-12-8-6-7-9-14(12)22-13/h6-10H,4-5,11H2,1-3H3,(H,20,21). The van der Waals surface area contributed by atoms with Crippen LogP contribution in [-0.2, 0) is 16.0 Å². The number of amides is 1. The molecule has 2 aromatic rings. The minimum atomic E-state index is -1.42. The van der Waals surface area contributed by atoms with Gasteiger partial charge >= 0.3 is 5.97 Å². The maximum atomic E-state index is 12.6.